The Labute approximate surface area is 114 Å². The summed E-state index contributed by atoms with van der Waals surface area (Å²) in [6, 6.07) is 7.56. The van der Waals surface area contributed by atoms with E-state index >= 15 is 0 Å². The molecule has 1 aromatic carbocycles. The lowest BCUT2D eigenvalue weighted by Crippen LogP contribution is -2.03. The van der Waals surface area contributed by atoms with Crippen LogP contribution in [-0.4, -0.2) is 14.9 Å². The number of nitrogens with zero attached hydrogens (tertiary/aromatic N) is 2. The highest BCUT2D eigenvalue weighted by Crippen LogP contribution is 2.23. The fraction of sp³-hybridized carbons (Fsp3) is 0.308. The van der Waals surface area contributed by atoms with Crippen LogP contribution in [0.3, 0.4) is 0 Å². The minimum absolute atomic E-state index is 0.0113. The topological polar surface area (TPSA) is 47.3 Å². The predicted octanol–water partition coefficient (Wildman–Crippen LogP) is 2.56. The zero-order chi connectivity index (χ0) is 13.1. The summed E-state index contributed by atoms with van der Waals surface area (Å²) >= 11 is 3.37. The number of hydrogen-bond donors (Lipinski definition) is 1. The first-order valence-electron chi connectivity index (χ1n) is 5.61. The van der Waals surface area contributed by atoms with Crippen LogP contribution in [0.4, 0.5) is 0 Å². The highest BCUT2D eigenvalue weighted by Gasteiger charge is 2.05. The first-order chi connectivity index (χ1) is 8.60. The Morgan fingerprint density at radius 3 is 2.78 bits per heavy atom. The summed E-state index contributed by atoms with van der Waals surface area (Å²) in [7, 11) is 1.90. The number of aromatic nitrogens is 2. The molecule has 2 rings (SSSR count). The molecule has 96 valence electrons. The van der Waals surface area contributed by atoms with E-state index in [9.17, 15) is 5.11 Å². The molecule has 5 heteroatoms. The van der Waals surface area contributed by atoms with Crippen molar-refractivity contribution in [3.63, 3.8) is 0 Å². The molecule has 0 radical (unpaired) electrons. The maximum Gasteiger partial charge on any atom is 0.130 e. The minimum Gasteiger partial charge on any atom is -0.487 e. The van der Waals surface area contributed by atoms with Gasteiger partial charge in [-0.2, -0.15) is 5.10 Å². The van der Waals surface area contributed by atoms with E-state index in [4.69, 9.17) is 4.74 Å². The average Bonchev–Trinajstić information content (AvgIpc) is 2.67. The Hall–Kier alpha value is -1.33. The Balaban J connectivity index is 2.08. The standard InChI is InChI=1S/C13H15BrN2O2/c1-9-5-11(16(2)15-9)8-18-12-3-4-13(14)10(6-12)7-17/h3-6,17H,7-8H2,1-2H3. The lowest BCUT2D eigenvalue weighted by Gasteiger charge is -2.08. The minimum atomic E-state index is -0.0113. The van der Waals surface area contributed by atoms with E-state index in [1.54, 1.807) is 4.68 Å². The van der Waals surface area contributed by atoms with Gasteiger partial charge < -0.3 is 9.84 Å². The van der Waals surface area contributed by atoms with Crippen LogP contribution in [-0.2, 0) is 20.3 Å². The summed E-state index contributed by atoms with van der Waals surface area (Å²) in [5.74, 6) is 0.737. The molecule has 0 amide bonds. The summed E-state index contributed by atoms with van der Waals surface area (Å²) in [4.78, 5) is 0. The van der Waals surface area contributed by atoms with E-state index < -0.39 is 0 Å². The van der Waals surface area contributed by atoms with Crippen molar-refractivity contribution in [2.24, 2.45) is 7.05 Å². The molecule has 18 heavy (non-hydrogen) atoms. The Morgan fingerprint density at radius 2 is 2.17 bits per heavy atom. The Kier molecular flexibility index (Phi) is 4.04. The van der Waals surface area contributed by atoms with Crippen molar-refractivity contribution in [3.8, 4) is 5.75 Å². The van der Waals surface area contributed by atoms with Crippen LogP contribution in [0.15, 0.2) is 28.7 Å². The summed E-state index contributed by atoms with van der Waals surface area (Å²) in [5.41, 5.74) is 2.80. The lowest BCUT2D eigenvalue weighted by molar-refractivity contribution is 0.275. The normalized spacial score (nSPS) is 10.7. The van der Waals surface area contributed by atoms with Gasteiger partial charge in [0.15, 0.2) is 0 Å². The molecule has 1 N–H and O–H groups in total. The van der Waals surface area contributed by atoms with E-state index in [0.717, 1.165) is 27.2 Å². The highest BCUT2D eigenvalue weighted by atomic mass is 79.9. The van der Waals surface area contributed by atoms with Crippen LogP contribution in [0.5, 0.6) is 5.75 Å². The molecule has 0 atom stereocenters. The number of aliphatic hydroxyl groups is 1. The average molecular weight is 311 g/mol. The zero-order valence-corrected chi connectivity index (χ0v) is 11.9. The van der Waals surface area contributed by atoms with Crippen molar-refractivity contribution in [2.75, 3.05) is 0 Å². The molecule has 4 nitrogen and oxygen atoms in total. The van der Waals surface area contributed by atoms with Gasteiger partial charge in [0.25, 0.3) is 0 Å². The van der Waals surface area contributed by atoms with Crippen LogP contribution in [0.2, 0.25) is 0 Å². The van der Waals surface area contributed by atoms with Gasteiger partial charge in [-0.05, 0) is 36.8 Å². The van der Waals surface area contributed by atoms with Crippen LogP contribution < -0.4 is 4.74 Å². The molecular weight excluding hydrogens is 296 g/mol. The van der Waals surface area contributed by atoms with E-state index in [1.807, 2.05) is 38.2 Å². The number of benzene rings is 1. The van der Waals surface area contributed by atoms with Crippen molar-refractivity contribution in [3.05, 3.63) is 45.7 Å². The smallest absolute Gasteiger partial charge is 0.130 e. The predicted molar refractivity (Wildman–Crippen MR) is 72.3 cm³/mol. The Bertz CT molecular complexity index is 552. The van der Waals surface area contributed by atoms with Crippen LogP contribution in [0.1, 0.15) is 17.0 Å². The Morgan fingerprint density at radius 1 is 1.39 bits per heavy atom. The molecule has 0 spiro atoms. The van der Waals surface area contributed by atoms with Crippen LogP contribution in [0, 0.1) is 6.92 Å². The molecule has 0 fully saturated rings. The molecule has 0 aliphatic heterocycles. The van der Waals surface area contributed by atoms with Gasteiger partial charge >= 0.3 is 0 Å². The third kappa shape index (κ3) is 2.91. The maximum absolute atomic E-state index is 9.18. The molecule has 1 heterocycles. The first kappa shape index (κ1) is 13.1. The van der Waals surface area contributed by atoms with E-state index in [1.165, 1.54) is 0 Å². The van der Waals surface area contributed by atoms with Crippen molar-refractivity contribution in [1.29, 1.82) is 0 Å². The molecule has 0 unspecified atom stereocenters. The number of ether oxygens (including phenoxy) is 1. The highest BCUT2D eigenvalue weighted by molar-refractivity contribution is 9.10. The molecule has 0 aliphatic rings. The molecule has 0 saturated heterocycles. The fourth-order valence-electron chi connectivity index (χ4n) is 1.72. The third-order valence-corrected chi connectivity index (χ3v) is 3.45. The van der Waals surface area contributed by atoms with Gasteiger partial charge in [-0.25, -0.2) is 0 Å². The second kappa shape index (κ2) is 5.54. The van der Waals surface area contributed by atoms with Crippen LogP contribution in [0.25, 0.3) is 0 Å². The van der Waals surface area contributed by atoms with Gasteiger partial charge in [-0.15, -0.1) is 0 Å². The molecule has 0 aliphatic carbocycles. The summed E-state index contributed by atoms with van der Waals surface area (Å²) < 4.78 is 8.38. The zero-order valence-electron chi connectivity index (χ0n) is 10.4. The van der Waals surface area contributed by atoms with Gasteiger partial charge in [0, 0.05) is 11.5 Å². The molecule has 0 bridgehead atoms. The summed E-state index contributed by atoms with van der Waals surface area (Å²) in [6.45, 7) is 2.40. The van der Waals surface area contributed by atoms with Gasteiger partial charge in [0.2, 0.25) is 0 Å². The number of halogens is 1. The second-order valence-electron chi connectivity index (χ2n) is 4.10. The van der Waals surface area contributed by atoms with Crippen molar-refractivity contribution >= 4 is 15.9 Å². The molecular formula is C13H15BrN2O2. The molecule has 1 aromatic heterocycles. The van der Waals surface area contributed by atoms with E-state index in [0.29, 0.717) is 6.61 Å². The monoisotopic (exact) mass is 310 g/mol. The number of rotatable bonds is 4. The number of aryl methyl sites for hydroxylation is 2. The summed E-state index contributed by atoms with van der Waals surface area (Å²) in [6.07, 6.45) is 0. The second-order valence-corrected chi connectivity index (χ2v) is 4.96. The van der Waals surface area contributed by atoms with Crippen molar-refractivity contribution in [2.45, 2.75) is 20.1 Å². The number of hydrogen-bond acceptors (Lipinski definition) is 3. The maximum atomic E-state index is 9.18. The third-order valence-electron chi connectivity index (χ3n) is 2.67. The molecule has 0 saturated carbocycles. The number of aliphatic hydroxyl groups excluding tert-OH is 1. The van der Waals surface area contributed by atoms with Crippen molar-refractivity contribution in [1.82, 2.24) is 9.78 Å². The fourth-order valence-corrected chi connectivity index (χ4v) is 2.09. The van der Waals surface area contributed by atoms with Gasteiger partial charge in [-0.1, -0.05) is 15.9 Å². The molecule has 2 aromatic rings. The van der Waals surface area contributed by atoms with Crippen molar-refractivity contribution < 1.29 is 9.84 Å². The van der Waals surface area contributed by atoms with Gasteiger partial charge in [-0.3, -0.25) is 4.68 Å². The van der Waals surface area contributed by atoms with Gasteiger partial charge in [0.05, 0.1) is 18.0 Å². The quantitative estimate of drug-likeness (QED) is 0.944. The van der Waals surface area contributed by atoms with Gasteiger partial charge in [0.1, 0.15) is 12.4 Å². The lowest BCUT2D eigenvalue weighted by atomic mass is 10.2. The largest absolute Gasteiger partial charge is 0.487 e. The first-order valence-corrected chi connectivity index (χ1v) is 6.41. The van der Waals surface area contributed by atoms with Crippen LogP contribution >= 0.6 is 15.9 Å². The van der Waals surface area contributed by atoms with E-state index in [-0.39, 0.29) is 6.61 Å². The summed E-state index contributed by atoms with van der Waals surface area (Å²) in [5, 5.41) is 13.4. The van der Waals surface area contributed by atoms with E-state index in [2.05, 4.69) is 21.0 Å². The SMILES string of the molecule is Cc1cc(COc2ccc(Br)c(CO)c2)n(C)n1.